The Morgan fingerprint density at radius 1 is 0.420 bits per heavy atom. The van der Waals surface area contributed by atoms with Crippen LogP contribution in [0.25, 0.3) is 0 Å². The molecule has 0 N–H and O–H groups in total. The molecule has 0 saturated carbocycles. The number of ether oxygens (including phenoxy) is 3. The summed E-state index contributed by atoms with van der Waals surface area (Å²) in [6.45, 7) is 16.1. The second-order valence-electron chi connectivity index (χ2n) is 14.2. The van der Waals surface area contributed by atoms with Gasteiger partial charge in [-0.15, -0.1) is 0 Å². The number of unbranched alkanes of at least 4 members (excludes halogenated alkanes) is 18. The van der Waals surface area contributed by atoms with Crippen molar-refractivity contribution in [2.45, 2.75) is 194 Å². The molecule has 0 aromatic carbocycles. The van der Waals surface area contributed by atoms with Crippen LogP contribution in [-0.2, 0) is 14.2 Å². The summed E-state index contributed by atoms with van der Waals surface area (Å²) in [5, 5.41) is 0. The predicted molar refractivity (Wildman–Crippen MR) is 222 cm³/mol. The first-order chi connectivity index (χ1) is 24.8. The topological polar surface area (TPSA) is 30.9 Å². The van der Waals surface area contributed by atoms with Gasteiger partial charge in [-0.3, -0.25) is 0 Å². The van der Waals surface area contributed by atoms with Crippen molar-refractivity contribution in [3.05, 3.63) is 48.6 Å². The van der Waals surface area contributed by atoms with E-state index in [1.54, 1.807) is 0 Å². The average Bonchev–Trinajstić information content (AvgIpc) is 3.13. The fourth-order valence-corrected chi connectivity index (χ4v) is 6.01. The van der Waals surface area contributed by atoms with Crippen molar-refractivity contribution in [1.82, 2.24) is 4.90 Å². The third-order valence-electron chi connectivity index (χ3n) is 9.52. The molecule has 0 aliphatic carbocycles. The van der Waals surface area contributed by atoms with Gasteiger partial charge in [0.15, 0.2) is 0 Å². The molecule has 0 aromatic rings. The van der Waals surface area contributed by atoms with Crippen molar-refractivity contribution in [3.8, 4) is 0 Å². The quantitative estimate of drug-likeness (QED) is 0.0469. The summed E-state index contributed by atoms with van der Waals surface area (Å²) < 4.78 is 18.4. The fourth-order valence-electron chi connectivity index (χ4n) is 6.01. The summed E-state index contributed by atoms with van der Waals surface area (Å²) in [6.07, 6.45) is 50.4. The maximum Gasteiger partial charge on any atom is 0.0830 e. The zero-order chi connectivity index (χ0) is 36.3. The number of rotatable bonds is 41. The molecule has 0 saturated heterocycles. The Labute approximate surface area is 314 Å². The van der Waals surface area contributed by atoms with Gasteiger partial charge in [0.25, 0.3) is 0 Å². The van der Waals surface area contributed by atoms with Crippen LogP contribution in [0.5, 0.6) is 0 Å². The molecule has 1 atom stereocenters. The highest BCUT2D eigenvalue weighted by Crippen LogP contribution is 2.11. The minimum atomic E-state index is 0.144. The summed E-state index contributed by atoms with van der Waals surface area (Å²) in [4.78, 5) is 2.41. The van der Waals surface area contributed by atoms with E-state index in [1.165, 1.54) is 128 Å². The van der Waals surface area contributed by atoms with Gasteiger partial charge in [0.2, 0.25) is 0 Å². The van der Waals surface area contributed by atoms with Crippen LogP contribution in [0.4, 0.5) is 0 Å². The minimum Gasteiger partial charge on any atom is -0.380 e. The van der Waals surface area contributed by atoms with E-state index in [9.17, 15) is 0 Å². The molecule has 0 rings (SSSR count). The lowest BCUT2D eigenvalue weighted by Crippen LogP contribution is -2.28. The lowest BCUT2D eigenvalue weighted by Gasteiger charge is -2.20. The molecule has 0 fully saturated rings. The molecule has 0 amide bonds. The Hall–Kier alpha value is -1.20. The SMILES string of the molecule is CCCCCC=CCC=CCCCCCCCCOCC(CCOCCN(CC)CC)OCCCCCCCCC=CCC=CCCCCC. The van der Waals surface area contributed by atoms with Crippen LogP contribution in [0.15, 0.2) is 48.6 Å². The van der Waals surface area contributed by atoms with E-state index in [0.717, 1.165) is 78.2 Å². The maximum atomic E-state index is 6.33. The lowest BCUT2D eigenvalue weighted by molar-refractivity contribution is -0.0357. The van der Waals surface area contributed by atoms with Gasteiger partial charge >= 0.3 is 0 Å². The van der Waals surface area contributed by atoms with Gasteiger partial charge in [0, 0.05) is 26.4 Å². The minimum absolute atomic E-state index is 0.144. The van der Waals surface area contributed by atoms with Gasteiger partial charge in [-0.05, 0) is 96.6 Å². The van der Waals surface area contributed by atoms with Gasteiger partial charge < -0.3 is 19.1 Å². The second-order valence-corrected chi connectivity index (χ2v) is 14.2. The van der Waals surface area contributed by atoms with Gasteiger partial charge in [-0.1, -0.05) is 153 Å². The van der Waals surface area contributed by atoms with Crippen LogP contribution in [-0.4, -0.2) is 63.7 Å². The summed E-state index contributed by atoms with van der Waals surface area (Å²) in [5.74, 6) is 0. The van der Waals surface area contributed by atoms with E-state index < -0.39 is 0 Å². The first-order valence-electron chi connectivity index (χ1n) is 21.9. The van der Waals surface area contributed by atoms with Gasteiger partial charge in [-0.25, -0.2) is 0 Å². The standard InChI is InChI=1S/C46H87NO3/c1-5-9-11-13-15-17-19-21-23-25-27-29-31-33-35-37-41-49-45-46(39-43-48-44-40-47(7-3)8-4)50-42-38-36-34-32-30-28-26-24-22-20-18-16-14-12-10-6-2/h15-18,21-24,46H,5-14,19-20,25-45H2,1-4H3. The zero-order valence-corrected chi connectivity index (χ0v) is 34.2. The van der Waals surface area contributed by atoms with Crippen molar-refractivity contribution in [2.24, 2.45) is 0 Å². The summed E-state index contributed by atoms with van der Waals surface area (Å²) in [6, 6.07) is 0. The highest BCUT2D eigenvalue weighted by molar-refractivity contribution is 4.93. The first-order valence-corrected chi connectivity index (χ1v) is 21.9. The highest BCUT2D eigenvalue weighted by atomic mass is 16.5. The van der Waals surface area contributed by atoms with Gasteiger partial charge in [0.05, 0.1) is 19.3 Å². The lowest BCUT2D eigenvalue weighted by atomic mass is 10.1. The fraction of sp³-hybridized carbons (Fsp3) is 0.826. The molecule has 4 nitrogen and oxygen atoms in total. The number of hydrogen-bond donors (Lipinski definition) is 0. The van der Waals surface area contributed by atoms with Crippen molar-refractivity contribution in [1.29, 1.82) is 0 Å². The van der Waals surface area contributed by atoms with E-state index in [2.05, 4.69) is 81.2 Å². The predicted octanol–water partition coefficient (Wildman–Crippen LogP) is 13.8. The molecule has 0 aliphatic heterocycles. The van der Waals surface area contributed by atoms with Crippen molar-refractivity contribution >= 4 is 0 Å². The summed E-state index contributed by atoms with van der Waals surface area (Å²) in [7, 11) is 0. The molecule has 0 bridgehead atoms. The number of likely N-dealkylation sites (N-methyl/N-ethyl adjacent to an activating group) is 1. The van der Waals surface area contributed by atoms with Crippen LogP contribution < -0.4 is 0 Å². The molecule has 0 aromatic heterocycles. The molecule has 50 heavy (non-hydrogen) atoms. The Kier molecular flexibility index (Phi) is 42.9. The molecule has 1 unspecified atom stereocenters. The number of nitrogens with zero attached hydrogens (tertiary/aromatic N) is 1. The van der Waals surface area contributed by atoms with Crippen LogP contribution in [0.2, 0.25) is 0 Å². The van der Waals surface area contributed by atoms with E-state index in [-0.39, 0.29) is 6.10 Å². The molecule has 0 heterocycles. The first kappa shape index (κ1) is 48.8. The van der Waals surface area contributed by atoms with Crippen LogP contribution in [0.3, 0.4) is 0 Å². The van der Waals surface area contributed by atoms with Crippen LogP contribution in [0, 0.1) is 0 Å². The summed E-state index contributed by atoms with van der Waals surface area (Å²) >= 11 is 0. The molecule has 4 heteroatoms. The third-order valence-corrected chi connectivity index (χ3v) is 9.52. The van der Waals surface area contributed by atoms with Gasteiger partial charge in [0.1, 0.15) is 0 Å². The zero-order valence-electron chi connectivity index (χ0n) is 34.2. The van der Waals surface area contributed by atoms with Crippen molar-refractivity contribution in [3.63, 3.8) is 0 Å². The van der Waals surface area contributed by atoms with E-state index in [1.807, 2.05) is 0 Å². The van der Waals surface area contributed by atoms with Crippen LogP contribution >= 0.6 is 0 Å². The molecule has 0 spiro atoms. The Morgan fingerprint density at radius 3 is 1.34 bits per heavy atom. The van der Waals surface area contributed by atoms with Crippen molar-refractivity contribution in [2.75, 3.05) is 52.7 Å². The third kappa shape index (κ3) is 39.6. The Balaban J connectivity index is 3.96. The normalized spacial score (nSPS) is 13.1. The van der Waals surface area contributed by atoms with Crippen molar-refractivity contribution < 1.29 is 14.2 Å². The van der Waals surface area contributed by atoms with Gasteiger partial charge in [-0.2, -0.15) is 0 Å². The molecular weight excluding hydrogens is 615 g/mol. The van der Waals surface area contributed by atoms with E-state index >= 15 is 0 Å². The maximum absolute atomic E-state index is 6.33. The van der Waals surface area contributed by atoms with E-state index in [4.69, 9.17) is 14.2 Å². The second kappa shape index (κ2) is 44.0. The Bertz CT molecular complexity index is 742. The Morgan fingerprint density at radius 2 is 0.860 bits per heavy atom. The largest absolute Gasteiger partial charge is 0.380 e. The molecule has 0 aliphatic rings. The highest BCUT2D eigenvalue weighted by Gasteiger charge is 2.10. The monoisotopic (exact) mass is 702 g/mol. The van der Waals surface area contributed by atoms with Crippen LogP contribution in [0.1, 0.15) is 188 Å². The number of hydrogen-bond acceptors (Lipinski definition) is 4. The smallest absolute Gasteiger partial charge is 0.0830 e. The molecule has 0 radical (unpaired) electrons. The van der Waals surface area contributed by atoms with E-state index in [0.29, 0.717) is 6.61 Å². The summed E-state index contributed by atoms with van der Waals surface area (Å²) in [5.41, 5.74) is 0. The molecular formula is C46H87NO3. The molecule has 294 valence electrons. The number of allylic oxidation sites excluding steroid dienone is 8. The average molecular weight is 702 g/mol.